The summed E-state index contributed by atoms with van der Waals surface area (Å²) in [5, 5.41) is 10.1. The Morgan fingerprint density at radius 3 is 2.73 bits per heavy atom. The third-order valence-corrected chi connectivity index (χ3v) is 5.20. The molecule has 5 nitrogen and oxygen atoms in total. The molecule has 0 unspecified atom stereocenters. The molecule has 0 atom stereocenters. The molecule has 0 saturated heterocycles. The lowest BCUT2D eigenvalue weighted by Crippen LogP contribution is -2.22. The van der Waals surface area contributed by atoms with Crippen LogP contribution < -0.4 is 10.3 Å². The van der Waals surface area contributed by atoms with Crippen molar-refractivity contribution in [2.45, 2.75) is 18.6 Å². The van der Waals surface area contributed by atoms with Crippen LogP contribution in [0.1, 0.15) is 12.5 Å². The number of nitriles is 1. The maximum Gasteiger partial charge on any atom is 0.262 e. The molecule has 0 saturated carbocycles. The van der Waals surface area contributed by atoms with Crippen LogP contribution in [0.5, 0.6) is 5.75 Å². The van der Waals surface area contributed by atoms with E-state index in [1.807, 2.05) is 19.1 Å². The van der Waals surface area contributed by atoms with Crippen LogP contribution in [0.4, 0.5) is 0 Å². The van der Waals surface area contributed by atoms with Gasteiger partial charge < -0.3 is 4.74 Å². The average molecular weight is 430 g/mol. The molecule has 3 rings (SSSR count). The summed E-state index contributed by atoms with van der Waals surface area (Å²) in [6, 6.07) is 14.6. The van der Waals surface area contributed by atoms with Crippen molar-refractivity contribution in [2.24, 2.45) is 0 Å². The van der Waals surface area contributed by atoms with E-state index in [0.29, 0.717) is 46.3 Å². The number of benzene rings is 2. The molecule has 0 N–H and O–H groups in total. The van der Waals surface area contributed by atoms with Gasteiger partial charge in [0.2, 0.25) is 0 Å². The average Bonchev–Trinajstić information content (AvgIpc) is 2.66. The number of rotatable bonds is 6. The minimum atomic E-state index is -0.0330. The van der Waals surface area contributed by atoms with E-state index in [-0.39, 0.29) is 5.56 Å². The number of nitrogens with zero attached hydrogens (tertiary/aromatic N) is 3. The van der Waals surface area contributed by atoms with Crippen LogP contribution in [0.25, 0.3) is 10.9 Å². The first-order valence-corrected chi connectivity index (χ1v) is 9.86. The third-order valence-electron chi connectivity index (χ3n) is 3.76. The molecule has 1 heterocycles. The van der Waals surface area contributed by atoms with E-state index in [1.165, 1.54) is 11.8 Å². The molecule has 0 aliphatic carbocycles. The van der Waals surface area contributed by atoms with Crippen LogP contribution >= 0.6 is 27.7 Å². The van der Waals surface area contributed by atoms with E-state index in [4.69, 9.17) is 10.00 Å². The Morgan fingerprint density at radius 2 is 2.04 bits per heavy atom. The first-order chi connectivity index (χ1) is 12.6. The minimum absolute atomic E-state index is 0.0330. The van der Waals surface area contributed by atoms with Gasteiger partial charge >= 0.3 is 0 Å². The first-order valence-electron chi connectivity index (χ1n) is 8.08. The van der Waals surface area contributed by atoms with E-state index < -0.39 is 0 Å². The number of halogens is 1. The standard InChI is InChI=1S/C19H16BrN3O2S/c1-2-23-18(24)16-11-14(20)5-8-17(16)22-19(23)26-10-9-25-15-6-3-13(12-21)4-7-15/h3-8,11H,2,9-10H2,1H3. The number of hydrogen-bond acceptors (Lipinski definition) is 5. The number of aromatic nitrogens is 2. The maximum atomic E-state index is 12.7. The van der Waals surface area contributed by atoms with Crippen molar-refractivity contribution in [3.05, 3.63) is 62.9 Å². The van der Waals surface area contributed by atoms with E-state index >= 15 is 0 Å². The monoisotopic (exact) mass is 429 g/mol. The van der Waals surface area contributed by atoms with Gasteiger partial charge in [-0.05, 0) is 49.4 Å². The van der Waals surface area contributed by atoms with Crippen molar-refractivity contribution in [3.8, 4) is 11.8 Å². The summed E-state index contributed by atoms with van der Waals surface area (Å²) in [4.78, 5) is 17.3. The summed E-state index contributed by atoms with van der Waals surface area (Å²) in [6.07, 6.45) is 0. The Kier molecular flexibility index (Phi) is 5.96. The summed E-state index contributed by atoms with van der Waals surface area (Å²) < 4.78 is 8.23. The number of fused-ring (bicyclic) bond motifs is 1. The largest absolute Gasteiger partial charge is 0.493 e. The topological polar surface area (TPSA) is 67.9 Å². The quantitative estimate of drug-likeness (QED) is 0.333. The molecule has 0 amide bonds. The fourth-order valence-corrected chi connectivity index (χ4v) is 3.72. The fraction of sp³-hybridized carbons (Fsp3) is 0.211. The second-order valence-corrected chi connectivity index (χ2v) is 7.42. The summed E-state index contributed by atoms with van der Waals surface area (Å²) in [5.41, 5.74) is 1.26. The predicted octanol–water partition coefficient (Wildman–Crippen LogP) is 4.22. The summed E-state index contributed by atoms with van der Waals surface area (Å²) in [5.74, 6) is 1.38. The van der Waals surface area contributed by atoms with Crippen molar-refractivity contribution >= 4 is 38.6 Å². The smallest absolute Gasteiger partial charge is 0.262 e. The van der Waals surface area contributed by atoms with Crippen molar-refractivity contribution in [1.29, 1.82) is 5.26 Å². The highest BCUT2D eigenvalue weighted by Crippen LogP contribution is 2.21. The second kappa shape index (κ2) is 8.39. The molecule has 0 aliphatic rings. The molecule has 0 spiro atoms. The highest BCUT2D eigenvalue weighted by Gasteiger charge is 2.11. The van der Waals surface area contributed by atoms with Gasteiger partial charge in [-0.3, -0.25) is 9.36 Å². The molecule has 0 radical (unpaired) electrons. The fourth-order valence-electron chi connectivity index (χ4n) is 2.48. The van der Waals surface area contributed by atoms with E-state index in [0.717, 1.165) is 4.47 Å². The van der Waals surface area contributed by atoms with Crippen LogP contribution in [-0.4, -0.2) is 21.9 Å². The van der Waals surface area contributed by atoms with Crippen LogP contribution in [0.3, 0.4) is 0 Å². The first kappa shape index (κ1) is 18.5. The van der Waals surface area contributed by atoms with Gasteiger partial charge in [-0.15, -0.1) is 0 Å². The Hall–Kier alpha value is -2.30. The van der Waals surface area contributed by atoms with Crippen LogP contribution in [0.15, 0.2) is 56.9 Å². The van der Waals surface area contributed by atoms with Gasteiger partial charge in [-0.25, -0.2) is 4.98 Å². The van der Waals surface area contributed by atoms with Crippen molar-refractivity contribution in [1.82, 2.24) is 9.55 Å². The third kappa shape index (κ3) is 4.09. The zero-order valence-electron chi connectivity index (χ0n) is 14.1. The normalized spacial score (nSPS) is 10.7. The molecule has 0 aliphatic heterocycles. The molecule has 132 valence electrons. The molecule has 3 aromatic rings. The number of thioether (sulfide) groups is 1. The molecule has 0 fully saturated rings. The van der Waals surface area contributed by atoms with Crippen molar-refractivity contribution in [3.63, 3.8) is 0 Å². The lowest BCUT2D eigenvalue weighted by Gasteiger charge is -2.12. The Balaban J connectivity index is 1.71. The lowest BCUT2D eigenvalue weighted by atomic mass is 10.2. The van der Waals surface area contributed by atoms with Gasteiger partial charge in [0.15, 0.2) is 5.16 Å². The van der Waals surface area contributed by atoms with Gasteiger partial charge in [0.1, 0.15) is 5.75 Å². The van der Waals surface area contributed by atoms with Gasteiger partial charge in [0, 0.05) is 16.8 Å². The number of hydrogen-bond donors (Lipinski definition) is 0. The Bertz CT molecular complexity index is 1030. The van der Waals surface area contributed by atoms with Gasteiger partial charge in [-0.2, -0.15) is 5.26 Å². The van der Waals surface area contributed by atoms with E-state index in [2.05, 4.69) is 27.0 Å². The van der Waals surface area contributed by atoms with Gasteiger partial charge in [0.25, 0.3) is 5.56 Å². The Labute approximate surface area is 163 Å². The number of ether oxygens (including phenoxy) is 1. The molecule has 0 bridgehead atoms. The van der Waals surface area contributed by atoms with Crippen LogP contribution in [-0.2, 0) is 6.54 Å². The molecule has 7 heteroatoms. The summed E-state index contributed by atoms with van der Waals surface area (Å²) >= 11 is 4.89. The van der Waals surface area contributed by atoms with E-state index in [9.17, 15) is 4.79 Å². The molecule has 2 aromatic carbocycles. The van der Waals surface area contributed by atoms with E-state index in [1.54, 1.807) is 34.9 Å². The molecule has 1 aromatic heterocycles. The SMILES string of the molecule is CCn1c(SCCOc2ccc(C#N)cc2)nc2ccc(Br)cc2c1=O. The van der Waals surface area contributed by atoms with Gasteiger partial charge in [-0.1, -0.05) is 27.7 Å². The maximum absolute atomic E-state index is 12.7. The Morgan fingerprint density at radius 1 is 1.27 bits per heavy atom. The molecule has 26 heavy (non-hydrogen) atoms. The predicted molar refractivity (Wildman–Crippen MR) is 107 cm³/mol. The molecular weight excluding hydrogens is 414 g/mol. The minimum Gasteiger partial charge on any atom is -0.493 e. The second-order valence-electron chi connectivity index (χ2n) is 5.44. The molecular formula is C19H16BrN3O2S. The zero-order valence-corrected chi connectivity index (χ0v) is 16.5. The summed E-state index contributed by atoms with van der Waals surface area (Å²) in [6.45, 7) is 2.98. The summed E-state index contributed by atoms with van der Waals surface area (Å²) in [7, 11) is 0. The van der Waals surface area contributed by atoms with Gasteiger partial charge in [0.05, 0.1) is 29.1 Å². The highest BCUT2D eigenvalue weighted by molar-refractivity contribution is 9.10. The van der Waals surface area contributed by atoms with Crippen molar-refractivity contribution in [2.75, 3.05) is 12.4 Å². The van der Waals surface area contributed by atoms with Crippen molar-refractivity contribution < 1.29 is 4.74 Å². The van der Waals surface area contributed by atoms with Crippen LogP contribution in [0.2, 0.25) is 0 Å². The highest BCUT2D eigenvalue weighted by atomic mass is 79.9. The lowest BCUT2D eigenvalue weighted by molar-refractivity contribution is 0.343. The van der Waals surface area contributed by atoms with Crippen LogP contribution in [0, 0.1) is 11.3 Å². The zero-order chi connectivity index (χ0) is 18.5.